The number of nitrogens with one attached hydrogen (secondary N) is 1. The highest BCUT2D eigenvalue weighted by atomic mass is 16.2. The summed E-state index contributed by atoms with van der Waals surface area (Å²) in [5.41, 5.74) is 7.20. The highest BCUT2D eigenvalue weighted by molar-refractivity contribution is 5.82. The van der Waals surface area contributed by atoms with Crippen molar-refractivity contribution in [3.05, 3.63) is 23.8 Å². The van der Waals surface area contributed by atoms with E-state index in [1.54, 1.807) is 12.4 Å². The smallest absolute Gasteiger partial charge is 0.225 e. The molecule has 2 unspecified atom stereocenters. The Morgan fingerprint density at radius 3 is 2.87 bits per heavy atom. The van der Waals surface area contributed by atoms with Gasteiger partial charge in [0, 0.05) is 12.2 Å². The van der Waals surface area contributed by atoms with Crippen LogP contribution in [0.25, 0.3) is 0 Å². The first-order chi connectivity index (χ1) is 7.16. The Labute approximate surface area is 88.1 Å². The van der Waals surface area contributed by atoms with Gasteiger partial charge in [-0.25, -0.2) is 0 Å². The Bertz CT molecular complexity index is 362. The minimum atomic E-state index is 0.00316. The van der Waals surface area contributed by atoms with E-state index in [1.165, 1.54) is 0 Å². The van der Waals surface area contributed by atoms with E-state index < -0.39 is 0 Å². The van der Waals surface area contributed by atoms with E-state index >= 15 is 0 Å². The molecule has 1 heterocycles. The molecule has 0 bridgehead atoms. The van der Waals surface area contributed by atoms with Crippen molar-refractivity contribution < 1.29 is 4.79 Å². The third kappa shape index (κ3) is 2.50. The maximum atomic E-state index is 11.4. The molecule has 3 N–H and O–H groups in total. The van der Waals surface area contributed by atoms with E-state index in [2.05, 4.69) is 15.3 Å². The molecule has 15 heavy (non-hydrogen) atoms. The molecule has 1 saturated carbocycles. The first kappa shape index (κ1) is 10.0. The van der Waals surface area contributed by atoms with Crippen LogP contribution in [0.5, 0.6) is 0 Å². The lowest BCUT2D eigenvalue weighted by atomic mass is 10.3. The van der Waals surface area contributed by atoms with Crippen LogP contribution in [0.15, 0.2) is 12.4 Å². The maximum absolute atomic E-state index is 11.4. The van der Waals surface area contributed by atoms with Gasteiger partial charge in [-0.1, -0.05) is 0 Å². The summed E-state index contributed by atoms with van der Waals surface area (Å²) in [6, 6.07) is 0.0501. The molecular weight excluding hydrogens is 192 g/mol. The van der Waals surface area contributed by atoms with Crippen LogP contribution in [0.2, 0.25) is 0 Å². The van der Waals surface area contributed by atoms with Gasteiger partial charge in [-0.05, 0) is 13.3 Å². The summed E-state index contributed by atoms with van der Waals surface area (Å²) in [4.78, 5) is 19.7. The number of aryl methyl sites for hydroxylation is 1. The molecule has 0 aliphatic heterocycles. The van der Waals surface area contributed by atoms with Crippen molar-refractivity contribution in [2.75, 3.05) is 0 Å². The van der Waals surface area contributed by atoms with Crippen LogP contribution in [-0.2, 0) is 11.3 Å². The number of carbonyl (C=O) groups is 1. The van der Waals surface area contributed by atoms with Crippen molar-refractivity contribution in [1.29, 1.82) is 0 Å². The summed E-state index contributed by atoms with van der Waals surface area (Å²) in [6.07, 6.45) is 4.15. The number of hydrogen-bond donors (Lipinski definition) is 2. The molecular formula is C10H14N4O. The molecule has 0 spiro atoms. The normalized spacial score (nSPS) is 23.6. The quantitative estimate of drug-likeness (QED) is 0.714. The van der Waals surface area contributed by atoms with Gasteiger partial charge in [-0.3, -0.25) is 14.8 Å². The highest BCUT2D eigenvalue weighted by Crippen LogP contribution is 2.27. The van der Waals surface area contributed by atoms with Crippen LogP contribution >= 0.6 is 0 Å². The van der Waals surface area contributed by atoms with Gasteiger partial charge in [0.1, 0.15) is 0 Å². The summed E-state index contributed by atoms with van der Waals surface area (Å²) in [5, 5.41) is 2.79. The molecule has 1 aliphatic carbocycles. The molecule has 1 fully saturated rings. The lowest BCUT2D eigenvalue weighted by molar-refractivity contribution is -0.122. The Hall–Kier alpha value is -1.49. The molecule has 1 aromatic heterocycles. The van der Waals surface area contributed by atoms with E-state index in [0.29, 0.717) is 6.54 Å². The number of aromatic nitrogens is 2. The van der Waals surface area contributed by atoms with Gasteiger partial charge in [0.15, 0.2) is 0 Å². The predicted octanol–water partition coefficient (Wildman–Crippen LogP) is -0.252. The van der Waals surface area contributed by atoms with Crippen LogP contribution < -0.4 is 11.1 Å². The van der Waals surface area contributed by atoms with Gasteiger partial charge in [0.2, 0.25) is 5.91 Å². The van der Waals surface area contributed by atoms with Crippen LogP contribution in [0, 0.1) is 12.8 Å². The van der Waals surface area contributed by atoms with E-state index in [9.17, 15) is 4.79 Å². The molecule has 1 aliphatic rings. The lowest BCUT2D eigenvalue weighted by Gasteiger charge is -2.03. The van der Waals surface area contributed by atoms with Crippen LogP contribution in [0.4, 0.5) is 0 Å². The van der Waals surface area contributed by atoms with Crippen molar-refractivity contribution >= 4 is 5.91 Å². The molecule has 1 amide bonds. The van der Waals surface area contributed by atoms with E-state index in [0.717, 1.165) is 17.8 Å². The van der Waals surface area contributed by atoms with Gasteiger partial charge in [-0.2, -0.15) is 0 Å². The van der Waals surface area contributed by atoms with Crippen LogP contribution in [0.1, 0.15) is 17.8 Å². The highest BCUT2D eigenvalue weighted by Gasteiger charge is 2.39. The first-order valence-electron chi connectivity index (χ1n) is 4.97. The number of carbonyl (C=O) groups excluding carboxylic acids is 1. The average Bonchev–Trinajstić information content (AvgIpc) is 2.94. The van der Waals surface area contributed by atoms with Crippen molar-refractivity contribution in [3.63, 3.8) is 0 Å². The number of nitrogens with zero attached hydrogens (tertiary/aromatic N) is 2. The van der Waals surface area contributed by atoms with E-state index in [-0.39, 0.29) is 17.9 Å². The molecule has 5 heteroatoms. The molecule has 2 rings (SSSR count). The second kappa shape index (κ2) is 3.94. The molecule has 5 nitrogen and oxygen atoms in total. The van der Waals surface area contributed by atoms with Crippen molar-refractivity contribution in [2.24, 2.45) is 11.7 Å². The summed E-state index contributed by atoms with van der Waals surface area (Å²) in [5.74, 6) is 0.0216. The zero-order chi connectivity index (χ0) is 10.8. The number of rotatable bonds is 3. The number of amides is 1. The molecule has 0 radical (unpaired) electrons. The fourth-order valence-corrected chi connectivity index (χ4v) is 1.34. The zero-order valence-electron chi connectivity index (χ0n) is 8.60. The largest absolute Gasteiger partial charge is 0.350 e. The minimum Gasteiger partial charge on any atom is -0.350 e. The molecule has 1 aromatic rings. The molecule has 2 atom stereocenters. The minimum absolute atomic E-state index is 0.00316. The maximum Gasteiger partial charge on any atom is 0.225 e. The molecule has 0 aromatic carbocycles. The first-order valence-corrected chi connectivity index (χ1v) is 4.97. The third-order valence-corrected chi connectivity index (χ3v) is 2.45. The SMILES string of the molecule is Cc1cnc(CNC(=O)C2CC2N)cn1. The third-order valence-electron chi connectivity index (χ3n) is 2.45. The van der Waals surface area contributed by atoms with Gasteiger partial charge in [0.25, 0.3) is 0 Å². The molecule has 0 saturated heterocycles. The topological polar surface area (TPSA) is 80.9 Å². The van der Waals surface area contributed by atoms with Gasteiger partial charge in [-0.15, -0.1) is 0 Å². The van der Waals surface area contributed by atoms with Gasteiger partial charge in [0.05, 0.1) is 30.0 Å². The Morgan fingerprint density at radius 1 is 1.60 bits per heavy atom. The number of nitrogens with two attached hydrogens (primary N) is 1. The standard InChI is InChI=1S/C10H14N4O/c1-6-3-13-7(4-12-6)5-14-10(15)8-2-9(8)11/h3-4,8-9H,2,5,11H2,1H3,(H,14,15). The van der Waals surface area contributed by atoms with Crippen LogP contribution in [-0.4, -0.2) is 21.9 Å². The fraction of sp³-hybridized carbons (Fsp3) is 0.500. The average molecular weight is 206 g/mol. The van der Waals surface area contributed by atoms with Gasteiger partial charge < -0.3 is 11.1 Å². The Balaban J connectivity index is 1.82. The summed E-state index contributed by atoms with van der Waals surface area (Å²) in [6.45, 7) is 2.30. The lowest BCUT2D eigenvalue weighted by Crippen LogP contribution is -2.27. The van der Waals surface area contributed by atoms with E-state index in [4.69, 9.17) is 5.73 Å². The van der Waals surface area contributed by atoms with Crippen molar-refractivity contribution in [2.45, 2.75) is 25.9 Å². The van der Waals surface area contributed by atoms with E-state index in [1.807, 2.05) is 6.92 Å². The number of hydrogen-bond acceptors (Lipinski definition) is 4. The molecule has 80 valence electrons. The monoisotopic (exact) mass is 206 g/mol. The van der Waals surface area contributed by atoms with Gasteiger partial charge >= 0.3 is 0 Å². The summed E-state index contributed by atoms with van der Waals surface area (Å²) >= 11 is 0. The summed E-state index contributed by atoms with van der Waals surface area (Å²) in [7, 11) is 0. The zero-order valence-corrected chi connectivity index (χ0v) is 8.60. The fourth-order valence-electron chi connectivity index (χ4n) is 1.34. The van der Waals surface area contributed by atoms with Crippen LogP contribution in [0.3, 0.4) is 0 Å². The van der Waals surface area contributed by atoms with Crippen molar-refractivity contribution in [3.8, 4) is 0 Å². The Kier molecular flexibility index (Phi) is 2.64. The Morgan fingerprint density at radius 2 is 2.33 bits per heavy atom. The van der Waals surface area contributed by atoms with Crippen molar-refractivity contribution in [1.82, 2.24) is 15.3 Å². The summed E-state index contributed by atoms with van der Waals surface area (Å²) < 4.78 is 0. The second-order valence-electron chi connectivity index (χ2n) is 3.87. The second-order valence-corrected chi connectivity index (χ2v) is 3.87. The predicted molar refractivity (Wildman–Crippen MR) is 54.7 cm³/mol.